The summed E-state index contributed by atoms with van der Waals surface area (Å²) in [6, 6.07) is 7.47. The Kier molecular flexibility index (Phi) is 5.01. The number of hydrazone groups is 1. The van der Waals surface area contributed by atoms with Gasteiger partial charge in [0, 0.05) is 29.7 Å². The monoisotopic (exact) mass is 305 g/mol. The first-order chi connectivity index (χ1) is 10.0. The Morgan fingerprint density at radius 2 is 2.14 bits per heavy atom. The Bertz CT molecular complexity index is 569. The second kappa shape index (κ2) is 6.76. The first-order valence-corrected chi connectivity index (χ1v) is 7.53. The lowest BCUT2D eigenvalue weighted by atomic mass is 9.94. The van der Waals surface area contributed by atoms with E-state index in [2.05, 4.69) is 28.5 Å². The van der Waals surface area contributed by atoms with Crippen molar-refractivity contribution in [3.05, 3.63) is 29.8 Å². The molecule has 1 heterocycles. The zero-order valence-electron chi connectivity index (χ0n) is 12.1. The average molecular weight is 305 g/mol. The van der Waals surface area contributed by atoms with E-state index in [1.165, 1.54) is 0 Å². The van der Waals surface area contributed by atoms with E-state index in [-0.39, 0.29) is 23.7 Å². The maximum Gasteiger partial charge on any atom is 0.240 e. The van der Waals surface area contributed by atoms with Crippen LogP contribution < -0.4 is 10.7 Å². The van der Waals surface area contributed by atoms with Crippen molar-refractivity contribution < 1.29 is 9.59 Å². The molecule has 21 heavy (non-hydrogen) atoms. The Labute approximate surface area is 129 Å². The van der Waals surface area contributed by atoms with E-state index in [4.69, 9.17) is 0 Å². The van der Waals surface area contributed by atoms with Crippen LogP contribution in [0.5, 0.6) is 0 Å². The quantitative estimate of drug-likeness (QED) is 0.745. The van der Waals surface area contributed by atoms with Crippen LogP contribution in [-0.2, 0) is 9.59 Å². The zero-order valence-corrected chi connectivity index (χ0v) is 13.0. The van der Waals surface area contributed by atoms with Gasteiger partial charge in [0.15, 0.2) is 0 Å². The third kappa shape index (κ3) is 3.85. The number of carbonyl (C=O) groups is 2. The zero-order chi connectivity index (χ0) is 15.4. The molecule has 2 unspecified atom stereocenters. The Morgan fingerprint density at radius 1 is 1.48 bits per heavy atom. The molecule has 0 saturated heterocycles. The maximum absolute atomic E-state index is 11.8. The van der Waals surface area contributed by atoms with E-state index in [1.54, 1.807) is 0 Å². The summed E-state index contributed by atoms with van der Waals surface area (Å²) in [6.45, 7) is 3.81. The molecule has 2 N–H and O–H groups in total. The lowest BCUT2D eigenvalue weighted by Crippen LogP contribution is -2.31. The van der Waals surface area contributed by atoms with Crippen LogP contribution in [0.15, 0.2) is 29.4 Å². The Morgan fingerprint density at radius 3 is 2.71 bits per heavy atom. The van der Waals surface area contributed by atoms with Crippen molar-refractivity contribution in [2.24, 2.45) is 16.9 Å². The van der Waals surface area contributed by atoms with Crippen LogP contribution in [0.4, 0.5) is 5.69 Å². The number of amides is 2. The predicted octanol–water partition coefficient (Wildman–Crippen LogP) is 2.05. The first-order valence-electron chi connectivity index (χ1n) is 6.90. The molecule has 112 valence electrons. The second-order valence-electron chi connectivity index (χ2n) is 5.29. The van der Waals surface area contributed by atoms with Crippen LogP contribution >= 0.6 is 12.6 Å². The normalized spacial score (nSPS) is 19.5. The molecule has 6 heteroatoms. The van der Waals surface area contributed by atoms with Crippen molar-refractivity contribution in [3.8, 4) is 0 Å². The van der Waals surface area contributed by atoms with Crippen molar-refractivity contribution in [1.82, 2.24) is 5.43 Å². The van der Waals surface area contributed by atoms with E-state index in [0.717, 1.165) is 17.0 Å². The van der Waals surface area contributed by atoms with Crippen molar-refractivity contribution in [3.63, 3.8) is 0 Å². The minimum atomic E-state index is -0.133. The lowest BCUT2D eigenvalue weighted by molar-refractivity contribution is -0.122. The summed E-state index contributed by atoms with van der Waals surface area (Å²) in [5, 5.41) is 6.96. The van der Waals surface area contributed by atoms with Gasteiger partial charge in [-0.2, -0.15) is 17.7 Å². The molecule has 0 bridgehead atoms. The largest absolute Gasteiger partial charge is 0.326 e. The SMILES string of the molecule is CC(CS)C(=O)Nc1ccc(C2=NNC(=O)CC2C)cc1. The molecule has 1 aromatic rings. The number of nitrogens with zero attached hydrogens (tertiary/aromatic N) is 1. The van der Waals surface area contributed by atoms with Gasteiger partial charge in [-0.15, -0.1) is 0 Å². The van der Waals surface area contributed by atoms with Crippen LogP contribution in [0.3, 0.4) is 0 Å². The van der Waals surface area contributed by atoms with Gasteiger partial charge in [-0.05, 0) is 17.7 Å². The van der Waals surface area contributed by atoms with Crippen molar-refractivity contribution in [2.45, 2.75) is 20.3 Å². The molecule has 0 radical (unpaired) electrons. The molecule has 1 aliphatic heterocycles. The van der Waals surface area contributed by atoms with Gasteiger partial charge in [-0.1, -0.05) is 26.0 Å². The van der Waals surface area contributed by atoms with E-state index >= 15 is 0 Å². The summed E-state index contributed by atoms with van der Waals surface area (Å²) in [5.41, 5.74) is 5.05. The number of benzene rings is 1. The smallest absolute Gasteiger partial charge is 0.240 e. The van der Waals surface area contributed by atoms with Crippen LogP contribution in [0.2, 0.25) is 0 Å². The van der Waals surface area contributed by atoms with Crippen LogP contribution in [0.1, 0.15) is 25.8 Å². The van der Waals surface area contributed by atoms with Crippen molar-refractivity contribution >= 4 is 35.8 Å². The highest BCUT2D eigenvalue weighted by Gasteiger charge is 2.21. The first kappa shape index (κ1) is 15.6. The lowest BCUT2D eigenvalue weighted by Gasteiger charge is -2.19. The molecule has 0 spiro atoms. The molecule has 0 aliphatic carbocycles. The van der Waals surface area contributed by atoms with Crippen LogP contribution in [-0.4, -0.2) is 23.3 Å². The summed E-state index contributed by atoms with van der Waals surface area (Å²) in [5.74, 6) is 0.358. The summed E-state index contributed by atoms with van der Waals surface area (Å²) < 4.78 is 0. The Hall–Kier alpha value is -1.82. The number of thiol groups is 1. The van der Waals surface area contributed by atoms with Gasteiger partial charge in [0.1, 0.15) is 0 Å². The highest BCUT2D eigenvalue weighted by molar-refractivity contribution is 7.80. The predicted molar refractivity (Wildman–Crippen MR) is 86.5 cm³/mol. The molecule has 0 aromatic heterocycles. The number of rotatable bonds is 4. The summed E-state index contributed by atoms with van der Waals surface area (Å²) in [6.07, 6.45) is 0.441. The van der Waals surface area contributed by atoms with E-state index in [9.17, 15) is 9.59 Å². The topological polar surface area (TPSA) is 70.6 Å². The van der Waals surface area contributed by atoms with Crippen molar-refractivity contribution in [2.75, 3.05) is 11.1 Å². The minimum Gasteiger partial charge on any atom is -0.326 e. The number of nitrogens with one attached hydrogen (secondary N) is 2. The van der Waals surface area contributed by atoms with Gasteiger partial charge in [-0.3, -0.25) is 9.59 Å². The van der Waals surface area contributed by atoms with Gasteiger partial charge in [0.25, 0.3) is 0 Å². The molecule has 2 rings (SSSR count). The van der Waals surface area contributed by atoms with Gasteiger partial charge in [0.05, 0.1) is 5.71 Å². The van der Waals surface area contributed by atoms with Gasteiger partial charge in [-0.25, -0.2) is 5.43 Å². The fourth-order valence-electron chi connectivity index (χ4n) is 2.07. The molecular formula is C15H19N3O2S. The fourth-order valence-corrected chi connectivity index (χ4v) is 2.24. The van der Waals surface area contributed by atoms with Crippen molar-refractivity contribution in [1.29, 1.82) is 0 Å². The standard InChI is InChI=1S/C15H19N3O2S/c1-9-7-13(19)17-18-14(9)11-3-5-12(6-4-11)16-15(20)10(2)8-21/h3-6,9-10,21H,7-8H2,1-2H3,(H,16,20)(H,17,19). The third-order valence-electron chi connectivity index (χ3n) is 3.43. The summed E-state index contributed by atoms with van der Waals surface area (Å²) in [4.78, 5) is 23.0. The molecular weight excluding hydrogens is 286 g/mol. The van der Waals surface area contributed by atoms with Gasteiger partial charge in [0.2, 0.25) is 11.8 Å². The van der Waals surface area contributed by atoms with E-state index in [1.807, 2.05) is 38.1 Å². The molecule has 1 aliphatic rings. The molecule has 5 nitrogen and oxygen atoms in total. The van der Waals surface area contributed by atoms with Crippen LogP contribution in [0, 0.1) is 11.8 Å². The van der Waals surface area contributed by atoms with Crippen LogP contribution in [0.25, 0.3) is 0 Å². The third-order valence-corrected chi connectivity index (χ3v) is 3.98. The molecule has 2 amide bonds. The van der Waals surface area contributed by atoms with Gasteiger partial charge >= 0.3 is 0 Å². The van der Waals surface area contributed by atoms with E-state index < -0.39 is 0 Å². The highest BCUT2D eigenvalue weighted by Crippen LogP contribution is 2.18. The molecule has 1 aromatic carbocycles. The number of anilines is 1. The van der Waals surface area contributed by atoms with Gasteiger partial charge < -0.3 is 5.32 Å². The second-order valence-corrected chi connectivity index (χ2v) is 5.65. The number of carbonyl (C=O) groups excluding carboxylic acids is 2. The fraction of sp³-hybridized carbons (Fsp3) is 0.400. The number of hydrogen-bond acceptors (Lipinski definition) is 4. The molecule has 0 fully saturated rings. The average Bonchev–Trinajstić information content (AvgIpc) is 2.47. The summed E-state index contributed by atoms with van der Waals surface area (Å²) in [7, 11) is 0. The highest BCUT2D eigenvalue weighted by atomic mass is 32.1. The minimum absolute atomic E-state index is 0.0478. The molecule has 2 atom stereocenters. The van der Waals surface area contributed by atoms with E-state index in [0.29, 0.717) is 12.2 Å². The summed E-state index contributed by atoms with van der Waals surface area (Å²) >= 11 is 4.11. The maximum atomic E-state index is 11.8. The molecule has 0 saturated carbocycles. The number of hydrogen-bond donors (Lipinski definition) is 3. The Balaban J connectivity index is 2.09.